The Kier molecular flexibility index (Phi) is 6.21. The van der Waals surface area contributed by atoms with Gasteiger partial charge in [-0.05, 0) is 45.6 Å². The van der Waals surface area contributed by atoms with E-state index in [4.69, 9.17) is 4.74 Å². The number of ether oxygens (including phenoxy) is 1. The van der Waals surface area contributed by atoms with Crippen LogP contribution in [0.4, 0.5) is 0 Å². The van der Waals surface area contributed by atoms with Gasteiger partial charge in [-0.3, -0.25) is 0 Å². The van der Waals surface area contributed by atoms with Crippen molar-refractivity contribution in [2.24, 2.45) is 0 Å². The molecule has 0 radical (unpaired) electrons. The van der Waals surface area contributed by atoms with Crippen LogP contribution in [0.15, 0.2) is 12.2 Å². The van der Waals surface area contributed by atoms with Gasteiger partial charge in [-0.25, -0.2) is 0 Å². The Morgan fingerprint density at radius 2 is 2.06 bits per heavy atom. The van der Waals surface area contributed by atoms with Gasteiger partial charge in [0, 0.05) is 13.2 Å². The van der Waals surface area contributed by atoms with Gasteiger partial charge < -0.3 is 10.1 Å². The molecule has 100 valence electrons. The van der Waals surface area contributed by atoms with Gasteiger partial charge in [0.25, 0.3) is 0 Å². The maximum atomic E-state index is 5.90. The quantitative estimate of drug-likeness (QED) is 0.653. The molecule has 0 spiro atoms. The molecule has 0 saturated heterocycles. The molecule has 1 unspecified atom stereocenters. The van der Waals surface area contributed by atoms with Gasteiger partial charge >= 0.3 is 0 Å². The van der Waals surface area contributed by atoms with E-state index < -0.39 is 0 Å². The van der Waals surface area contributed by atoms with Crippen LogP contribution in [-0.4, -0.2) is 25.3 Å². The number of rotatable bonds is 8. The van der Waals surface area contributed by atoms with Gasteiger partial charge in [0.05, 0.1) is 5.60 Å². The topological polar surface area (TPSA) is 21.3 Å². The van der Waals surface area contributed by atoms with Crippen LogP contribution in [0.3, 0.4) is 0 Å². The average molecular weight is 239 g/mol. The summed E-state index contributed by atoms with van der Waals surface area (Å²) in [5.41, 5.74) is 1.36. The Balaban J connectivity index is 2.61. The zero-order chi connectivity index (χ0) is 12.7. The lowest BCUT2D eigenvalue weighted by atomic mass is 9.87. The van der Waals surface area contributed by atoms with Crippen molar-refractivity contribution in [2.45, 2.75) is 70.4 Å². The summed E-state index contributed by atoms with van der Waals surface area (Å²) in [6.45, 7) is 9.44. The van der Waals surface area contributed by atoms with Gasteiger partial charge in [-0.2, -0.15) is 0 Å². The highest BCUT2D eigenvalue weighted by Crippen LogP contribution is 2.37. The molecule has 0 aromatic heterocycles. The summed E-state index contributed by atoms with van der Waals surface area (Å²) in [4.78, 5) is 0. The van der Waals surface area contributed by atoms with Gasteiger partial charge in [-0.1, -0.05) is 25.3 Å². The highest BCUT2D eigenvalue weighted by Gasteiger charge is 2.40. The number of allylic oxidation sites excluding steroid dienone is 1. The summed E-state index contributed by atoms with van der Waals surface area (Å²) >= 11 is 0. The fourth-order valence-corrected chi connectivity index (χ4v) is 2.93. The van der Waals surface area contributed by atoms with Crippen LogP contribution in [0, 0.1) is 0 Å². The fourth-order valence-electron chi connectivity index (χ4n) is 2.93. The second kappa shape index (κ2) is 7.17. The van der Waals surface area contributed by atoms with E-state index >= 15 is 0 Å². The van der Waals surface area contributed by atoms with Crippen LogP contribution in [0.2, 0.25) is 0 Å². The van der Waals surface area contributed by atoms with Gasteiger partial charge in [0.2, 0.25) is 0 Å². The summed E-state index contributed by atoms with van der Waals surface area (Å²) < 4.78 is 5.90. The minimum absolute atomic E-state index is 0.0879. The Morgan fingerprint density at radius 1 is 1.41 bits per heavy atom. The molecular formula is C15H29NO. The molecule has 0 bridgehead atoms. The normalized spacial score (nSPS) is 20.4. The molecule has 1 fully saturated rings. The minimum Gasteiger partial charge on any atom is -0.377 e. The lowest BCUT2D eigenvalue weighted by Crippen LogP contribution is -2.50. The highest BCUT2D eigenvalue weighted by atomic mass is 16.5. The maximum Gasteiger partial charge on any atom is 0.0831 e. The molecule has 0 aromatic carbocycles. The largest absolute Gasteiger partial charge is 0.377 e. The van der Waals surface area contributed by atoms with Crippen LogP contribution in [-0.2, 0) is 4.74 Å². The lowest BCUT2D eigenvalue weighted by molar-refractivity contribution is -0.0376. The second-order valence-corrected chi connectivity index (χ2v) is 5.48. The minimum atomic E-state index is 0.0879. The Morgan fingerprint density at radius 3 is 2.53 bits per heavy atom. The van der Waals surface area contributed by atoms with Crippen LogP contribution < -0.4 is 5.32 Å². The number of hydrogen-bond acceptors (Lipinski definition) is 2. The van der Waals surface area contributed by atoms with Crippen LogP contribution in [0.1, 0.15) is 58.8 Å². The lowest BCUT2D eigenvalue weighted by Gasteiger charge is -2.37. The molecule has 1 saturated carbocycles. The van der Waals surface area contributed by atoms with Crippen molar-refractivity contribution in [3.05, 3.63) is 12.2 Å². The Bertz CT molecular complexity index is 231. The van der Waals surface area contributed by atoms with E-state index in [2.05, 4.69) is 25.7 Å². The van der Waals surface area contributed by atoms with Crippen molar-refractivity contribution in [3.63, 3.8) is 0 Å². The van der Waals surface area contributed by atoms with Gasteiger partial charge in [0.15, 0.2) is 0 Å². The zero-order valence-electron chi connectivity index (χ0n) is 11.8. The predicted octanol–water partition coefficient (Wildman–Crippen LogP) is 3.67. The smallest absolute Gasteiger partial charge is 0.0831 e. The van der Waals surface area contributed by atoms with E-state index in [1.54, 1.807) is 0 Å². The SMILES string of the molecule is C=C(C)CCC(NCCC)C1(OC)CCCC1. The van der Waals surface area contributed by atoms with E-state index in [9.17, 15) is 0 Å². The first-order valence-electron chi connectivity index (χ1n) is 7.07. The first-order valence-corrected chi connectivity index (χ1v) is 7.07. The molecule has 1 rings (SSSR count). The van der Waals surface area contributed by atoms with Crippen LogP contribution in [0.5, 0.6) is 0 Å². The third-order valence-electron chi connectivity index (χ3n) is 3.99. The van der Waals surface area contributed by atoms with Crippen molar-refractivity contribution in [3.8, 4) is 0 Å². The third-order valence-corrected chi connectivity index (χ3v) is 3.99. The van der Waals surface area contributed by atoms with E-state index in [0.29, 0.717) is 6.04 Å². The van der Waals surface area contributed by atoms with Crippen molar-refractivity contribution in [2.75, 3.05) is 13.7 Å². The standard InChI is InChI=1S/C15H29NO/c1-5-12-16-14(9-8-13(2)3)15(17-4)10-6-7-11-15/h14,16H,2,5-12H2,1,3-4H3. The third kappa shape index (κ3) is 4.11. The Hall–Kier alpha value is -0.340. The molecule has 0 heterocycles. The maximum absolute atomic E-state index is 5.90. The number of hydrogen-bond donors (Lipinski definition) is 1. The predicted molar refractivity (Wildman–Crippen MR) is 74.3 cm³/mol. The molecule has 1 aliphatic rings. The molecule has 17 heavy (non-hydrogen) atoms. The van der Waals surface area contributed by atoms with E-state index in [1.807, 2.05) is 7.11 Å². The molecule has 1 aliphatic carbocycles. The van der Waals surface area contributed by atoms with Crippen molar-refractivity contribution in [1.82, 2.24) is 5.32 Å². The molecule has 1 atom stereocenters. The average Bonchev–Trinajstić information content (AvgIpc) is 2.78. The highest BCUT2D eigenvalue weighted by molar-refractivity contribution is 4.99. The van der Waals surface area contributed by atoms with Crippen molar-refractivity contribution < 1.29 is 4.74 Å². The number of nitrogens with one attached hydrogen (secondary N) is 1. The molecule has 2 nitrogen and oxygen atoms in total. The monoisotopic (exact) mass is 239 g/mol. The van der Waals surface area contributed by atoms with Crippen molar-refractivity contribution in [1.29, 1.82) is 0 Å². The van der Waals surface area contributed by atoms with Crippen LogP contribution >= 0.6 is 0 Å². The van der Waals surface area contributed by atoms with Gasteiger partial charge in [0.1, 0.15) is 0 Å². The molecule has 0 aliphatic heterocycles. The first-order chi connectivity index (χ1) is 8.14. The zero-order valence-corrected chi connectivity index (χ0v) is 11.8. The molecule has 2 heteroatoms. The van der Waals surface area contributed by atoms with E-state index in [0.717, 1.165) is 19.4 Å². The number of methoxy groups -OCH3 is 1. The summed E-state index contributed by atoms with van der Waals surface area (Å²) in [5.74, 6) is 0. The second-order valence-electron chi connectivity index (χ2n) is 5.48. The summed E-state index contributed by atoms with van der Waals surface area (Å²) in [7, 11) is 1.88. The van der Waals surface area contributed by atoms with E-state index in [1.165, 1.54) is 37.7 Å². The van der Waals surface area contributed by atoms with Crippen LogP contribution in [0.25, 0.3) is 0 Å². The molecule has 1 N–H and O–H groups in total. The molecular weight excluding hydrogens is 210 g/mol. The first kappa shape index (κ1) is 14.7. The Labute approximate surface area is 107 Å². The summed E-state index contributed by atoms with van der Waals surface area (Å²) in [6.07, 6.45) is 8.48. The summed E-state index contributed by atoms with van der Waals surface area (Å²) in [6, 6.07) is 0.492. The van der Waals surface area contributed by atoms with Crippen molar-refractivity contribution >= 4 is 0 Å². The summed E-state index contributed by atoms with van der Waals surface area (Å²) in [5, 5.41) is 3.69. The van der Waals surface area contributed by atoms with Gasteiger partial charge in [-0.15, -0.1) is 6.58 Å². The molecule has 0 amide bonds. The molecule has 0 aromatic rings. The fraction of sp³-hybridized carbons (Fsp3) is 0.867. The van der Waals surface area contributed by atoms with E-state index in [-0.39, 0.29) is 5.60 Å².